The molecule has 0 aliphatic rings. The van der Waals surface area contributed by atoms with Crippen molar-refractivity contribution in [2.45, 2.75) is 19.6 Å². The first-order chi connectivity index (χ1) is 12.8. The first kappa shape index (κ1) is 19.8. The van der Waals surface area contributed by atoms with Crippen molar-refractivity contribution in [2.24, 2.45) is 0 Å². The zero-order valence-corrected chi connectivity index (χ0v) is 14.2. The lowest BCUT2D eigenvalue weighted by molar-refractivity contribution is -0.492. The largest absolute Gasteiger partial charge is 0.485 e. The summed E-state index contributed by atoms with van der Waals surface area (Å²) in [4.78, 5) is 31.8. The van der Waals surface area contributed by atoms with Crippen LogP contribution in [-0.2, 0) is 11.4 Å². The molecule has 10 nitrogen and oxygen atoms in total. The number of hydrogen-bond acceptors (Lipinski definition) is 8. The van der Waals surface area contributed by atoms with E-state index in [-0.39, 0.29) is 12.4 Å². The minimum atomic E-state index is -1.87. The minimum Gasteiger partial charge on any atom is -0.485 e. The van der Waals surface area contributed by atoms with E-state index in [0.29, 0.717) is 0 Å². The van der Waals surface area contributed by atoms with Gasteiger partial charge in [-0.15, -0.1) is 0 Å². The molecule has 1 atom stereocenters. The number of aliphatic hydroxyl groups is 1. The smallest absolute Gasteiger partial charge is 0.308 e. The number of nitro groups is 2. The van der Waals surface area contributed by atoms with Gasteiger partial charge in [0.2, 0.25) is 6.54 Å². The van der Waals surface area contributed by atoms with Crippen molar-refractivity contribution in [3.8, 4) is 11.5 Å². The fourth-order valence-electron chi connectivity index (χ4n) is 2.38. The first-order valence-corrected chi connectivity index (χ1v) is 7.76. The Kier molecular flexibility index (Phi) is 6.39. The van der Waals surface area contributed by atoms with Crippen molar-refractivity contribution in [3.05, 3.63) is 73.8 Å². The number of carbonyl (C=O) groups is 1. The first-order valence-electron chi connectivity index (χ1n) is 7.76. The molecule has 2 aromatic carbocycles. The fourth-order valence-corrected chi connectivity index (χ4v) is 2.38. The van der Waals surface area contributed by atoms with Gasteiger partial charge in [-0.1, -0.05) is 30.3 Å². The molecule has 0 saturated carbocycles. The molecule has 2 rings (SSSR count). The molecule has 0 aliphatic carbocycles. The number of nitrogens with zero attached hydrogens (tertiary/aromatic N) is 2. The lowest BCUT2D eigenvalue weighted by atomic mass is 10.0. The molecule has 1 unspecified atom stereocenters. The molecule has 0 saturated heterocycles. The van der Waals surface area contributed by atoms with Gasteiger partial charge in [-0.05, 0) is 11.6 Å². The van der Waals surface area contributed by atoms with Gasteiger partial charge in [-0.2, -0.15) is 0 Å². The van der Waals surface area contributed by atoms with Gasteiger partial charge in [0.1, 0.15) is 12.2 Å². The summed E-state index contributed by atoms with van der Waals surface area (Å²) in [6, 6.07) is 11.2. The highest BCUT2D eigenvalue weighted by Gasteiger charge is 2.32. The van der Waals surface area contributed by atoms with E-state index < -0.39 is 45.5 Å². The van der Waals surface area contributed by atoms with Crippen LogP contribution in [0, 0.1) is 20.2 Å². The van der Waals surface area contributed by atoms with Gasteiger partial charge >= 0.3 is 5.97 Å². The predicted molar refractivity (Wildman–Crippen MR) is 92.0 cm³/mol. The maximum atomic E-state index is 11.5. The summed E-state index contributed by atoms with van der Waals surface area (Å²) < 4.78 is 10.6. The topological polar surface area (TPSA) is 142 Å². The van der Waals surface area contributed by atoms with Crippen LogP contribution in [0.15, 0.2) is 42.5 Å². The highest BCUT2D eigenvalue weighted by Crippen LogP contribution is 2.41. The molecule has 0 heterocycles. The van der Waals surface area contributed by atoms with Crippen LogP contribution < -0.4 is 9.47 Å². The standard InChI is InChI=1S/C17H16N2O8/c1-11(20)27-17-15(26-10-12-5-3-2-4-6-12)8-7-13(19(24)25)16(17)14(21)9-18(22)23/h2-8,14,21H,9-10H2,1H3. The Balaban J connectivity index is 2.50. The van der Waals surface area contributed by atoms with E-state index in [1.54, 1.807) is 24.3 Å². The summed E-state index contributed by atoms with van der Waals surface area (Å²) in [7, 11) is 0. The van der Waals surface area contributed by atoms with Crippen LogP contribution >= 0.6 is 0 Å². The van der Waals surface area contributed by atoms with E-state index in [4.69, 9.17) is 9.47 Å². The van der Waals surface area contributed by atoms with Gasteiger partial charge < -0.3 is 14.6 Å². The Morgan fingerprint density at radius 1 is 1.15 bits per heavy atom. The molecule has 142 valence electrons. The molecule has 0 bridgehead atoms. The molecule has 0 fully saturated rings. The third-order valence-electron chi connectivity index (χ3n) is 3.47. The van der Waals surface area contributed by atoms with Crippen LogP contribution in [0.5, 0.6) is 11.5 Å². The Morgan fingerprint density at radius 2 is 1.81 bits per heavy atom. The van der Waals surface area contributed by atoms with Gasteiger partial charge in [0.05, 0.1) is 4.92 Å². The number of esters is 1. The van der Waals surface area contributed by atoms with Crippen molar-refractivity contribution in [1.29, 1.82) is 0 Å². The van der Waals surface area contributed by atoms with E-state index >= 15 is 0 Å². The second kappa shape index (κ2) is 8.72. The third-order valence-corrected chi connectivity index (χ3v) is 3.47. The SMILES string of the molecule is CC(=O)Oc1c(OCc2ccccc2)ccc([N+](=O)[O-])c1C(O)C[N+](=O)[O-]. The molecule has 27 heavy (non-hydrogen) atoms. The second-order valence-corrected chi connectivity index (χ2v) is 5.48. The number of ether oxygens (including phenoxy) is 2. The number of carbonyl (C=O) groups excluding carboxylic acids is 1. The van der Waals surface area contributed by atoms with E-state index in [1.807, 2.05) is 6.07 Å². The van der Waals surface area contributed by atoms with Gasteiger partial charge in [0.25, 0.3) is 5.69 Å². The number of nitro benzene ring substituents is 1. The van der Waals surface area contributed by atoms with Gasteiger partial charge in [-0.3, -0.25) is 25.0 Å². The minimum absolute atomic E-state index is 0.0533. The van der Waals surface area contributed by atoms with Gasteiger partial charge in [-0.25, -0.2) is 0 Å². The van der Waals surface area contributed by atoms with Crippen molar-refractivity contribution in [1.82, 2.24) is 0 Å². The normalized spacial score (nSPS) is 11.5. The monoisotopic (exact) mass is 376 g/mol. The Bertz CT molecular complexity index is 854. The molecule has 2 aromatic rings. The Morgan fingerprint density at radius 3 is 2.37 bits per heavy atom. The Hall–Kier alpha value is -3.53. The van der Waals surface area contributed by atoms with Crippen LogP contribution in [0.1, 0.15) is 24.2 Å². The summed E-state index contributed by atoms with van der Waals surface area (Å²) in [6.45, 7) is 0.110. The summed E-state index contributed by atoms with van der Waals surface area (Å²) in [5.41, 5.74) is -0.331. The highest BCUT2D eigenvalue weighted by molar-refractivity contribution is 5.73. The summed E-state index contributed by atoms with van der Waals surface area (Å²) in [5, 5.41) is 32.1. The quantitative estimate of drug-likeness (QED) is 0.320. The van der Waals surface area contributed by atoms with E-state index in [2.05, 4.69) is 0 Å². The molecule has 0 amide bonds. The zero-order chi connectivity index (χ0) is 20.0. The second-order valence-electron chi connectivity index (χ2n) is 5.48. The van der Waals surface area contributed by atoms with Gasteiger partial charge in [0.15, 0.2) is 17.6 Å². The maximum absolute atomic E-state index is 11.5. The number of aliphatic hydroxyl groups excluding tert-OH is 1. The van der Waals surface area contributed by atoms with Gasteiger partial charge in [0, 0.05) is 17.9 Å². The van der Waals surface area contributed by atoms with E-state index in [9.17, 15) is 30.1 Å². The molecule has 0 aromatic heterocycles. The van der Waals surface area contributed by atoms with Crippen molar-refractivity contribution < 1.29 is 29.2 Å². The van der Waals surface area contributed by atoms with Crippen LogP contribution in [-0.4, -0.2) is 27.5 Å². The number of hydrogen-bond donors (Lipinski definition) is 1. The zero-order valence-electron chi connectivity index (χ0n) is 14.2. The lowest BCUT2D eigenvalue weighted by Gasteiger charge is -2.17. The predicted octanol–water partition coefficient (Wildman–Crippen LogP) is 2.41. The summed E-state index contributed by atoms with van der Waals surface area (Å²) in [5.74, 6) is -1.30. The lowest BCUT2D eigenvalue weighted by Crippen LogP contribution is -2.16. The molecule has 10 heteroatoms. The van der Waals surface area contributed by atoms with Crippen LogP contribution in [0.3, 0.4) is 0 Å². The summed E-state index contributed by atoms with van der Waals surface area (Å²) >= 11 is 0. The number of benzene rings is 2. The average molecular weight is 376 g/mol. The molecule has 1 N–H and O–H groups in total. The van der Waals surface area contributed by atoms with E-state index in [0.717, 1.165) is 18.6 Å². The fraction of sp³-hybridized carbons (Fsp3) is 0.235. The highest BCUT2D eigenvalue weighted by atomic mass is 16.6. The van der Waals surface area contributed by atoms with Crippen LogP contribution in [0.25, 0.3) is 0 Å². The van der Waals surface area contributed by atoms with Crippen LogP contribution in [0.4, 0.5) is 5.69 Å². The molecule has 0 spiro atoms. The molecular formula is C17H16N2O8. The molecule has 0 radical (unpaired) electrons. The molecular weight excluding hydrogens is 360 g/mol. The Labute approximate surface area is 153 Å². The van der Waals surface area contributed by atoms with Crippen molar-refractivity contribution >= 4 is 11.7 Å². The molecule has 0 aliphatic heterocycles. The van der Waals surface area contributed by atoms with E-state index in [1.165, 1.54) is 6.07 Å². The number of rotatable bonds is 8. The third kappa shape index (κ3) is 5.22. The summed E-state index contributed by atoms with van der Waals surface area (Å²) in [6.07, 6.45) is -1.87. The van der Waals surface area contributed by atoms with Crippen LogP contribution in [0.2, 0.25) is 0 Å². The van der Waals surface area contributed by atoms with Crippen molar-refractivity contribution in [3.63, 3.8) is 0 Å². The maximum Gasteiger partial charge on any atom is 0.308 e. The average Bonchev–Trinajstić information content (AvgIpc) is 2.59. The van der Waals surface area contributed by atoms with Crippen molar-refractivity contribution in [2.75, 3.05) is 6.54 Å².